The monoisotopic (exact) mass is 601 g/mol. The minimum atomic E-state index is -5.00. The number of aromatic nitrogens is 1. The van der Waals surface area contributed by atoms with Gasteiger partial charge in [0.15, 0.2) is 0 Å². The highest BCUT2D eigenvalue weighted by molar-refractivity contribution is 7.92. The van der Waals surface area contributed by atoms with Crippen LogP contribution in [0, 0.1) is 0 Å². The standard InChI is InChI=1S/C25H21F6N5O4S/c26-24(27,28)19-10-5-14-13-36(41(38,39)16-8-6-15(7-9-16)40-25(29,30)31)20-17(23(11-2-12-23)22(32)35-37)3-1-4-18(20)33-21(14)34-19/h1,3-10,37H,2,11-13H2,(H2,32,35)(H,33,34). The van der Waals surface area contributed by atoms with Gasteiger partial charge >= 0.3 is 12.5 Å². The zero-order chi connectivity index (χ0) is 29.8. The number of fused-ring (bicyclic) bond motifs is 2. The Hall–Kier alpha value is -4.21. The predicted octanol–water partition coefficient (Wildman–Crippen LogP) is 5.62. The normalized spacial score (nSPS) is 17.0. The summed E-state index contributed by atoms with van der Waals surface area (Å²) >= 11 is 0. The quantitative estimate of drug-likeness (QED) is 0.114. The van der Waals surface area contributed by atoms with E-state index in [-0.39, 0.29) is 28.6 Å². The van der Waals surface area contributed by atoms with Crippen LogP contribution in [0.25, 0.3) is 0 Å². The maximum absolute atomic E-state index is 14.1. The van der Waals surface area contributed by atoms with Gasteiger partial charge in [-0.1, -0.05) is 29.8 Å². The van der Waals surface area contributed by atoms with E-state index in [4.69, 9.17) is 5.73 Å². The minimum absolute atomic E-state index is 0.0148. The number of pyridine rings is 1. The summed E-state index contributed by atoms with van der Waals surface area (Å²) in [5.41, 5.74) is 4.29. The molecule has 0 amide bonds. The third kappa shape index (κ3) is 5.07. The third-order valence-electron chi connectivity index (χ3n) is 7.09. The highest BCUT2D eigenvalue weighted by Gasteiger charge is 2.47. The highest BCUT2D eigenvalue weighted by atomic mass is 32.2. The average Bonchev–Trinajstić information content (AvgIpc) is 3.04. The van der Waals surface area contributed by atoms with E-state index in [0.717, 1.165) is 40.7 Å². The van der Waals surface area contributed by atoms with E-state index < -0.39 is 50.9 Å². The molecule has 2 aliphatic rings. The molecule has 1 aliphatic heterocycles. The van der Waals surface area contributed by atoms with Gasteiger partial charge in [0.05, 0.1) is 28.2 Å². The second kappa shape index (κ2) is 9.71. The number of nitrogens with two attached hydrogens (primary N) is 1. The van der Waals surface area contributed by atoms with Crippen LogP contribution in [-0.4, -0.2) is 30.8 Å². The van der Waals surface area contributed by atoms with E-state index >= 15 is 0 Å². The number of amidine groups is 1. The first-order valence-electron chi connectivity index (χ1n) is 12.0. The number of nitrogens with one attached hydrogen (secondary N) is 1. The van der Waals surface area contributed by atoms with Gasteiger partial charge < -0.3 is 21.0 Å². The van der Waals surface area contributed by atoms with E-state index in [2.05, 4.69) is 20.2 Å². The van der Waals surface area contributed by atoms with Crippen LogP contribution in [0.1, 0.15) is 36.1 Å². The molecule has 1 saturated carbocycles. The Kier molecular flexibility index (Phi) is 6.71. The first kappa shape index (κ1) is 28.3. The molecule has 4 N–H and O–H groups in total. The van der Waals surface area contributed by atoms with Crippen LogP contribution >= 0.6 is 0 Å². The van der Waals surface area contributed by atoms with Crippen molar-refractivity contribution in [3.63, 3.8) is 0 Å². The van der Waals surface area contributed by atoms with Crippen molar-refractivity contribution in [2.24, 2.45) is 10.9 Å². The van der Waals surface area contributed by atoms with Crippen LogP contribution in [0.4, 0.5) is 43.5 Å². The number of benzene rings is 2. The smallest absolute Gasteiger partial charge is 0.409 e. The highest BCUT2D eigenvalue weighted by Crippen LogP contribution is 2.52. The average molecular weight is 602 g/mol. The molecule has 41 heavy (non-hydrogen) atoms. The summed E-state index contributed by atoms with van der Waals surface area (Å²) in [5.74, 6) is -1.07. The Labute approximate surface area is 229 Å². The molecule has 218 valence electrons. The molecule has 0 saturated heterocycles. The lowest BCUT2D eigenvalue weighted by molar-refractivity contribution is -0.274. The van der Waals surface area contributed by atoms with Crippen LogP contribution in [0.5, 0.6) is 5.75 Å². The molecule has 0 radical (unpaired) electrons. The Morgan fingerprint density at radius 2 is 1.73 bits per heavy atom. The summed E-state index contributed by atoms with van der Waals surface area (Å²) in [7, 11) is -4.58. The molecule has 9 nitrogen and oxygen atoms in total. The zero-order valence-corrected chi connectivity index (χ0v) is 21.6. The topological polar surface area (TPSA) is 130 Å². The fraction of sp³-hybridized carbons (Fsp3) is 0.280. The summed E-state index contributed by atoms with van der Waals surface area (Å²) in [6.45, 7) is -0.493. The molecular formula is C25H21F6N5O4S. The summed E-state index contributed by atoms with van der Waals surface area (Å²) in [6, 6.07) is 9.87. The first-order valence-corrected chi connectivity index (χ1v) is 13.4. The summed E-state index contributed by atoms with van der Waals surface area (Å²) in [6.07, 6.45) is -8.33. The molecule has 2 heterocycles. The van der Waals surface area contributed by atoms with Crippen molar-refractivity contribution in [2.75, 3.05) is 9.62 Å². The lowest BCUT2D eigenvalue weighted by Gasteiger charge is -2.43. The van der Waals surface area contributed by atoms with Crippen LogP contribution < -0.4 is 20.1 Å². The largest absolute Gasteiger partial charge is 0.573 e. The molecule has 1 fully saturated rings. The fourth-order valence-corrected chi connectivity index (χ4v) is 6.46. The van der Waals surface area contributed by atoms with Gasteiger partial charge in [0.2, 0.25) is 0 Å². The molecule has 16 heteroatoms. The maximum atomic E-state index is 14.1. The third-order valence-corrected chi connectivity index (χ3v) is 8.85. The predicted molar refractivity (Wildman–Crippen MR) is 134 cm³/mol. The van der Waals surface area contributed by atoms with Crippen molar-refractivity contribution in [1.29, 1.82) is 0 Å². The number of hydrogen-bond donors (Lipinski definition) is 3. The van der Waals surface area contributed by atoms with Gasteiger partial charge in [0, 0.05) is 5.56 Å². The lowest BCUT2D eigenvalue weighted by atomic mass is 9.63. The maximum Gasteiger partial charge on any atom is 0.573 e. The number of para-hydroxylation sites is 1. The number of ether oxygens (including phenoxy) is 1. The lowest BCUT2D eigenvalue weighted by Crippen LogP contribution is -2.48. The number of nitrogens with zero attached hydrogens (tertiary/aromatic N) is 3. The Morgan fingerprint density at radius 1 is 1.05 bits per heavy atom. The molecule has 0 atom stereocenters. The van der Waals surface area contributed by atoms with E-state index in [1.54, 1.807) is 12.1 Å². The van der Waals surface area contributed by atoms with Crippen LogP contribution in [0.2, 0.25) is 0 Å². The second-order valence-corrected chi connectivity index (χ2v) is 11.3. The molecule has 5 rings (SSSR count). The Balaban J connectivity index is 1.70. The second-order valence-electron chi connectivity index (χ2n) is 9.48. The van der Waals surface area contributed by atoms with Crippen LogP contribution in [0.3, 0.4) is 0 Å². The number of rotatable bonds is 5. The van der Waals surface area contributed by atoms with Crippen molar-refractivity contribution >= 4 is 33.1 Å². The number of hydrogen-bond acceptors (Lipinski definition) is 7. The van der Waals surface area contributed by atoms with E-state index in [9.17, 15) is 40.0 Å². The van der Waals surface area contributed by atoms with Gasteiger partial charge in [-0.3, -0.25) is 4.31 Å². The van der Waals surface area contributed by atoms with E-state index in [1.165, 1.54) is 6.07 Å². The minimum Gasteiger partial charge on any atom is -0.409 e. The Bertz CT molecular complexity index is 1620. The molecule has 1 aliphatic carbocycles. The number of anilines is 3. The van der Waals surface area contributed by atoms with Gasteiger partial charge in [0.1, 0.15) is 23.1 Å². The molecular weight excluding hydrogens is 580 g/mol. The van der Waals surface area contributed by atoms with Gasteiger partial charge in [0.25, 0.3) is 10.0 Å². The van der Waals surface area contributed by atoms with Crippen LogP contribution in [-0.2, 0) is 28.2 Å². The molecule has 3 aromatic rings. The molecule has 0 unspecified atom stereocenters. The summed E-state index contributed by atoms with van der Waals surface area (Å²) < 4.78 is 111. The molecule has 0 spiro atoms. The zero-order valence-electron chi connectivity index (χ0n) is 20.8. The van der Waals surface area contributed by atoms with Crippen molar-refractivity contribution in [3.8, 4) is 5.75 Å². The number of halogens is 6. The van der Waals surface area contributed by atoms with Crippen LogP contribution in [0.15, 0.2) is 64.6 Å². The van der Waals surface area contributed by atoms with Gasteiger partial charge in [-0.25, -0.2) is 13.4 Å². The Morgan fingerprint density at radius 3 is 2.29 bits per heavy atom. The van der Waals surface area contributed by atoms with Gasteiger partial charge in [-0.15, -0.1) is 13.2 Å². The van der Waals surface area contributed by atoms with E-state index in [1.807, 2.05) is 0 Å². The number of alkyl halides is 6. The molecule has 0 bridgehead atoms. The molecule has 2 aromatic carbocycles. The van der Waals surface area contributed by atoms with Crippen molar-refractivity contribution < 1.29 is 44.7 Å². The van der Waals surface area contributed by atoms with Gasteiger partial charge in [-0.05, 0) is 54.8 Å². The SMILES string of the molecule is NC(=NO)C1(c2cccc3c2N(S(=O)(=O)c2ccc(OC(F)(F)F)cc2)Cc2ccc(C(F)(F)F)nc2N3)CCC1. The van der Waals surface area contributed by atoms with E-state index in [0.29, 0.717) is 24.8 Å². The summed E-state index contributed by atoms with van der Waals surface area (Å²) in [5, 5.41) is 15.5. The van der Waals surface area contributed by atoms with Gasteiger partial charge in [-0.2, -0.15) is 13.2 Å². The number of oxime groups is 1. The summed E-state index contributed by atoms with van der Waals surface area (Å²) in [4.78, 5) is 3.27. The van der Waals surface area contributed by atoms with Crippen molar-refractivity contribution in [3.05, 3.63) is 71.4 Å². The number of sulfonamides is 1. The fourth-order valence-electron chi connectivity index (χ4n) is 4.98. The first-order chi connectivity index (χ1) is 19.2. The van der Waals surface area contributed by atoms with Crippen molar-refractivity contribution in [2.45, 2.75) is 48.7 Å². The van der Waals surface area contributed by atoms with Crippen molar-refractivity contribution in [1.82, 2.24) is 4.98 Å². The molecule has 1 aromatic heterocycles.